The molecule has 1 heterocycles. The van der Waals surface area contributed by atoms with Gasteiger partial charge in [0.05, 0.1) is 23.6 Å². The molecular weight excluding hydrogens is 362 g/mol. The number of nitro benzene ring substituents is 1. The van der Waals surface area contributed by atoms with Crippen LogP contribution in [0.4, 0.5) is 17.1 Å². The van der Waals surface area contributed by atoms with Gasteiger partial charge in [0.1, 0.15) is 5.75 Å². The molecule has 1 unspecified atom stereocenters. The molecule has 0 aromatic heterocycles. The number of methoxy groups -OCH3 is 1. The molecule has 1 fully saturated rings. The maximum Gasteiger partial charge on any atom is 0.271 e. The highest BCUT2D eigenvalue weighted by molar-refractivity contribution is 6.04. The third kappa shape index (κ3) is 3.95. The van der Waals surface area contributed by atoms with Crippen molar-refractivity contribution in [2.24, 2.45) is 5.92 Å². The number of non-ortho nitro benzene ring substituents is 1. The Balaban J connectivity index is 1.78. The number of nitrogens with zero attached hydrogens (tertiary/aromatic N) is 2. The van der Waals surface area contributed by atoms with E-state index in [1.54, 1.807) is 4.90 Å². The van der Waals surface area contributed by atoms with Gasteiger partial charge in [-0.05, 0) is 43.2 Å². The van der Waals surface area contributed by atoms with E-state index in [2.05, 4.69) is 5.32 Å². The standard InChI is InChI=1S/C20H21N3O5/c1-12-6-13(2)8-16(7-12)22-11-14(9-19(22)24)20(25)21-17-10-15(23(26)27)4-5-18(17)28-3/h4-8,10,14H,9,11H2,1-3H3,(H,21,25). The first-order valence-electron chi connectivity index (χ1n) is 8.80. The van der Waals surface area contributed by atoms with Crippen molar-refractivity contribution in [2.45, 2.75) is 20.3 Å². The number of carbonyl (C=O) groups is 2. The quantitative estimate of drug-likeness (QED) is 0.631. The molecule has 1 saturated heterocycles. The number of amides is 2. The minimum atomic E-state index is -0.558. The summed E-state index contributed by atoms with van der Waals surface area (Å²) in [5, 5.41) is 13.7. The number of benzene rings is 2. The maximum absolute atomic E-state index is 12.7. The summed E-state index contributed by atoms with van der Waals surface area (Å²) in [6.45, 7) is 4.16. The Morgan fingerprint density at radius 3 is 2.50 bits per heavy atom. The zero-order valence-electron chi connectivity index (χ0n) is 15.9. The molecule has 1 N–H and O–H groups in total. The topological polar surface area (TPSA) is 102 Å². The smallest absolute Gasteiger partial charge is 0.271 e. The van der Waals surface area contributed by atoms with Crippen molar-refractivity contribution in [1.29, 1.82) is 0 Å². The Morgan fingerprint density at radius 2 is 1.89 bits per heavy atom. The average molecular weight is 383 g/mol. The van der Waals surface area contributed by atoms with Crippen LogP contribution < -0.4 is 15.0 Å². The zero-order chi connectivity index (χ0) is 20.4. The number of ether oxygens (including phenoxy) is 1. The number of hydrogen-bond acceptors (Lipinski definition) is 5. The van der Waals surface area contributed by atoms with E-state index in [-0.39, 0.29) is 36.2 Å². The van der Waals surface area contributed by atoms with Crippen molar-refractivity contribution in [2.75, 3.05) is 23.9 Å². The lowest BCUT2D eigenvalue weighted by Gasteiger charge is -2.18. The number of hydrogen-bond donors (Lipinski definition) is 1. The van der Waals surface area contributed by atoms with Gasteiger partial charge >= 0.3 is 0 Å². The molecule has 0 aliphatic carbocycles. The average Bonchev–Trinajstić information content (AvgIpc) is 3.02. The van der Waals surface area contributed by atoms with E-state index in [9.17, 15) is 19.7 Å². The van der Waals surface area contributed by atoms with Gasteiger partial charge in [-0.3, -0.25) is 19.7 Å². The van der Waals surface area contributed by atoms with Crippen molar-refractivity contribution in [3.8, 4) is 5.75 Å². The predicted molar refractivity (Wildman–Crippen MR) is 105 cm³/mol. The van der Waals surface area contributed by atoms with Crippen LogP contribution in [0.15, 0.2) is 36.4 Å². The van der Waals surface area contributed by atoms with Crippen LogP contribution in [0.2, 0.25) is 0 Å². The molecule has 2 aromatic rings. The molecule has 0 radical (unpaired) electrons. The molecule has 1 aliphatic rings. The van der Waals surface area contributed by atoms with Crippen LogP contribution in [0.5, 0.6) is 5.75 Å². The Kier molecular flexibility index (Phi) is 5.30. The largest absolute Gasteiger partial charge is 0.495 e. The van der Waals surface area contributed by atoms with Crippen molar-refractivity contribution < 1.29 is 19.2 Å². The van der Waals surface area contributed by atoms with Crippen molar-refractivity contribution in [1.82, 2.24) is 0 Å². The molecule has 0 bridgehead atoms. The summed E-state index contributed by atoms with van der Waals surface area (Å²) >= 11 is 0. The molecule has 2 aromatic carbocycles. The summed E-state index contributed by atoms with van der Waals surface area (Å²) in [5.41, 5.74) is 2.90. The summed E-state index contributed by atoms with van der Waals surface area (Å²) in [5.74, 6) is -0.748. The zero-order valence-corrected chi connectivity index (χ0v) is 15.9. The van der Waals surface area contributed by atoms with Crippen LogP contribution in [0.1, 0.15) is 17.5 Å². The van der Waals surface area contributed by atoms with E-state index in [0.29, 0.717) is 5.75 Å². The van der Waals surface area contributed by atoms with Gasteiger partial charge in [-0.1, -0.05) is 6.07 Å². The highest BCUT2D eigenvalue weighted by atomic mass is 16.6. The van der Waals surface area contributed by atoms with Gasteiger partial charge in [0, 0.05) is 30.8 Å². The Bertz CT molecular complexity index is 937. The summed E-state index contributed by atoms with van der Waals surface area (Å²) in [7, 11) is 1.41. The number of nitro groups is 1. The first-order valence-corrected chi connectivity index (χ1v) is 8.80. The molecule has 3 rings (SSSR count). The highest BCUT2D eigenvalue weighted by Crippen LogP contribution is 2.31. The third-order valence-electron chi connectivity index (χ3n) is 4.67. The van der Waals surface area contributed by atoms with Gasteiger partial charge in [-0.2, -0.15) is 0 Å². The van der Waals surface area contributed by atoms with E-state index in [4.69, 9.17) is 4.74 Å². The molecule has 8 nitrogen and oxygen atoms in total. The summed E-state index contributed by atoms with van der Waals surface area (Å²) in [6, 6.07) is 9.81. The molecule has 1 aliphatic heterocycles. The van der Waals surface area contributed by atoms with Crippen LogP contribution in [0.3, 0.4) is 0 Å². The Labute approximate surface area is 162 Å². The Hall–Kier alpha value is -3.42. The second-order valence-electron chi connectivity index (χ2n) is 6.88. The third-order valence-corrected chi connectivity index (χ3v) is 4.67. The van der Waals surface area contributed by atoms with Gasteiger partial charge in [-0.15, -0.1) is 0 Å². The molecule has 1 atom stereocenters. The van der Waals surface area contributed by atoms with Crippen LogP contribution in [-0.2, 0) is 9.59 Å². The number of nitrogens with one attached hydrogen (secondary N) is 1. The molecule has 0 spiro atoms. The van der Waals surface area contributed by atoms with Crippen LogP contribution in [0, 0.1) is 29.9 Å². The number of aryl methyl sites for hydroxylation is 2. The second kappa shape index (κ2) is 7.67. The fourth-order valence-electron chi connectivity index (χ4n) is 3.38. The molecule has 28 heavy (non-hydrogen) atoms. The molecule has 2 amide bonds. The van der Waals surface area contributed by atoms with Gasteiger partial charge < -0.3 is 15.0 Å². The number of anilines is 2. The molecular formula is C20H21N3O5. The van der Waals surface area contributed by atoms with Crippen molar-refractivity contribution >= 4 is 28.9 Å². The van der Waals surface area contributed by atoms with Gasteiger partial charge in [0.25, 0.3) is 5.69 Å². The van der Waals surface area contributed by atoms with Crippen LogP contribution >= 0.6 is 0 Å². The van der Waals surface area contributed by atoms with E-state index in [0.717, 1.165) is 16.8 Å². The van der Waals surface area contributed by atoms with E-state index in [1.807, 2.05) is 32.0 Å². The summed E-state index contributed by atoms with van der Waals surface area (Å²) < 4.78 is 5.17. The summed E-state index contributed by atoms with van der Waals surface area (Å²) in [6.07, 6.45) is 0.0794. The maximum atomic E-state index is 12.7. The lowest BCUT2D eigenvalue weighted by molar-refractivity contribution is -0.384. The van der Waals surface area contributed by atoms with Gasteiger partial charge in [-0.25, -0.2) is 0 Å². The van der Waals surface area contributed by atoms with E-state index in [1.165, 1.54) is 25.3 Å². The minimum absolute atomic E-state index is 0.0794. The first kappa shape index (κ1) is 19.3. The van der Waals surface area contributed by atoms with E-state index < -0.39 is 10.8 Å². The predicted octanol–water partition coefficient (Wildman–Crippen LogP) is 3.21. The fourth-order valence-corrected chi connectivity index (χ4v) is 3.38. The molecule has 0 saturated carbocycles. The molecule has 8 heteroatoms. The van der Waals surface area contributed by atoms with E-state index >= 15 is 0 Å². The monoisotopic (exact) mass is 383 g/mol. The van der Waals surface area contributed by atoms with Gasteiger partial charge in [0.2, 0.25) is 11.8 Å². The summed E-state index contributed by atoms with van der Waals surface area (Å²) in [4.78, 5) is 37.2. The first-order chi connectivity index (χ1) is 13.3. The highest BCUT2D eigenvalue weighted by Gasteiger charge is 2.35. The molecule has 146 valence electrons. The van der Waals surface area contributed by atoms with Crippen molar-refractivity contribution in [3.63, 3.8) is 0 Å². The van der Waals surface area contributed by atoms with Crippen LogP contribution in [-0.4, -0.2) is 30.4 Å². The van der Waals surface area contributed by atoms with Crippen molar-refractivity contribution in [3.05, 3.63) is 57.6 Å². The fraction of sp³-hybridized carbons (Fsp3) is 0.300. The second-order valence-corrected chi connectivity index (χ2v) is 6.88. The lowest BCUT2D eigenvalue weighted by Crippen LogP contribution is -2.28. The van der Waals surface area contributed by atoms with Crippen LogP contribution in [0.25, 0.3) is 0 Å². The Morgan fingerprint density at radius 1 is 1.21 bits per heavy atom. The van der Waals surface area contributed by atoms with Gasteiger partial charge in [0.15, 0.2) is 0 Å². The minimum Gasteiger partial charge on any atom is -0.495 e. The number of carbonyl (C=O) groups excluding carboxylic acids is 2. The SMILES string of the molecule is COc1ccc([N+](=O)[O-])cc1NC(=O)C1CC(=O)N(c2cc(C)cc(C)c2)C1. The normalized spacial score (nSPS) is 16.2. The lowest BCUT2D eigenvalue weighted by atomic mass is 10.1. The number of rotatable bonds is 5.